The van der Waals surface area contributed by atoms with Crippen LogP contribution < -0.4 is 9.47 Å². The van der Waals surface area contributed by atoms with Crippen LogP contribution in [0, 0.1) is 6.92 Å². The zero-order valence-electron chi connectivity index (χ0n) is 17.4. The van der Waals surface area contributed by atoms with E-state index in [1.807, 2.05) is 51.1 Å². The van der Waals surface area contributed by atoms with E-state index in [0.29, 0.717) is 17.3 Å². The van der Waals surface area contributed by atoms with Crippen LogP contribution in [-0.2, 0) is 16.1 Å². The van der Waals surface area contributed by atoms with Gasteiger partial charge in [0.2, 0.25) is 5.82 Å². The fourth-order valence-electron chi connectivity index (χ4n) is 2.73. The zero-order chi connectivity index (χ0) is 21.5. The summed E-state index contributed by atoms with van der Waals surface area (Å²) in [6.07, 6.45) is 3.00. The molecule has 2 aromatic carbocycles. The molecule has 0 aliphatic heterocycles. The number of carbonyl (C=O) groups is 1. The predicted octanol–water partition coefficient (Wildman–Crippen LogP) is 4.60. The molecule has 0 atom stereocenters. The van der Waals surface area contributed by atoms with Crippen LogP contribution in [0.3, 0.4) is 0 Å². The molecule has 156 valence electrons. The van der Waals surface area contributed by atoms with Gasteiger partial charge in [0.1, 0.15) is 0 Å². The Balaban J connectivity index is 1.58. The van der Waals surface area contributed by atoms with Gasteiger partial charge < -0.3 is 18.7 Å². The maximum atomic E-state index is 12.0. The highest BCUT2D eigenvalue weighted by Crippen LogP contribution is 2.29. The van der Waals surface area contributed by atoms with Crippen molar-refractivity contribution < 1.29 is 23.5 Å². The molecule has 0 amide bonds. The van der Waals surface area contributed by atoms with Gasteiger partial charge in [-0.3, -0.25) is 0 Å². The van der Waals surface area contributed by atoms with Gasteiger partial charge in [0, 0.05) is 11.6 Å². The number of aromatic nitrogens is 2. The van der Waals surface area contributed by atoms with Crippen LogP contribution in [0.4, 0.5) is 0 Å². The van der Waals surface area contributed by atoms with Crippen LogP contribution in [0.2, 0.25) is 0 Å². The van der Waals surface area contributed by atoms with Crippen molar-refractivity contribution in [3.63, 3.8) is 0 Å². The average molecular weight is 408 g/mol. The molecule has 0 unspecified atom stereocenters. The second-order valence-electron chi connectivity index (χ2n) is 6.84. The molecule has 0 aliphatic carbocycles. The van der Waals surface area contributed by atoms with E-state index in [1.165, 1.54) is 6.08 Å². The fourth-order valence-corrected chi connectivity index (χ4v) is 2.73. The first-order valence-electron chi connectivity index (χ1n) is 9.54. The smallest absolute Gasteiger partial charge is 0.331 e. The molecular weight excluding hydrogens is 384 g/mol. The Hall–Kier alpha value is -3.61. The molecule has 0 spiro atoms. The molecule has 0 fully saturated rings. The molecule has 7 heteroatoms. The van der Waals surface area contributed by atoms with Crippen molar-refractivity contribution in [3.05, 3.63) is 65.6 Å². The third-order valence-electron chi connectivity index (χ3n) is 4.15. The van der Waals surface area contributed by atoms with E-state index in [9.17, 15) is 4.79 Å². The van der Waals surface area contributed by atoms with Crippen LogP contribution in [0.5, 0.6) is 11.5 Å². The SMILES string of the molecule is COc1cc(/C=C/C(=O)OCc2nc(-c3ccccc3C)no2)ccc1OC(C)C. The maximum Gasteiger partial charge on any atom is 0.331 e. The van der Waals surface area contributed by atoms with Crippen molar-refractivity contribution in [1.82, 2.24) is 10.1 Å². The van der Waals surface area contributed by atoms with Crippen LogP contribution in [0.25, 0.3) is 17.5 Å². The Bertz CT molecular complexity index is 1040. The highest BCUT2D eigenvalue weighted by Gasteiger charge is 2.12. The van der Waals surface area contributed by atoms with Gasteiger partial charge in [-0.1, -0.05) is 35.5 Å². The molecule has 1 aromatic heterocycles. The molecule has 7 nitrogen and oxygen atoms in total. The van der Waals surface area contributed by atoms with Crippen molar-refractivity contribution in [2.45, 2.75) is 33.5 Å². The number of esters is 1. The van der Waals surface area contributed by atoms with Gasteiger partial charge in [0.15, 0.2) is 18.1 Å². The van der Waals surface area contributed by atoms with Crippen LogP contribution >= 0.6 is 0 Å². The van der Waals surface area contributed by atoms with Crippen molar-refractivity contribution in [3.8, 4) is 22.9 Å². The van der Waals surface area contributed by atoms with E-state index in [1.54, 1.807) is 25.3 Å². The Morgan fingerprint density at radius 3 is 2.70 bits per heavy atom. The van der Waals surface area contributed by atoms with Gasteiger partial charge in [-0.05, 0) is 50.1 Å². The summed E-state index contributed by atoms with van der Waals surface area (Å²) >= 11 is 0. The Kier molecular flexibility index (Phi) is 6.85. The summed E-state index contributed by atoms with van der Waals surface area (Å²) in [5, 5.41) is 3.95. The van der Waals surface area contributed by atoms with E-state index in [4.69, 9.17) is 18.7 Å². The monoisotopic (exact) mass is 408 g/mol. The quantitative estimate of drug-likeness (QED) is 0.398. The second kappa shape index (κ2) is 9.73. The number of benzene rings is 2. The van der Waals surface area contributed by atoms with Gasteiger partial charge >= 0.3 is 5.97 Å². The second-order valence-corrected chi connectivity index (χ2v) is 6.84. The standard InChI is InChI=1S/C23H24N2O5/c1-15(2)29-19-11-9-17(13-20(19)27-4)10-12-22(26)28-14-21-24-23(25-30-21)18-8-6-5-7-16(18)3/h5-13,15H,14H2,1-4H3/b12-10+. The minimum Gasteiger partial charge on any atom is -0.493 e. The van der Waals surface area contributed by atoms with Crippen LogP contribution in [0.15, 0.2) is 53.1 Å². The van der Waals surface area contributed by atoms with Gasteiger partial charge in [0.25, 0.3) is 5.89 Å². The number of rotatable bonds is 8. The highest BCUT2D eigenvalue weighted by atomic mass is 16.6. The summed E-state index contributed by atoms with van der Waals surface area (Å²) in [5.74, 6) is 1.41. The molecular formula is C23H24N2O5. The van der Waals surface area contributed by atoms with Gasteiger partial charge in [0.05, 0.1) is 13.2 Å². The molecule has 0 bridgehead atoms. The Morgan fingerprint density at radius 1 is 1.17 bits per heavy atom. The lowest BCUT2D eigenvalue weighted by molar-refractivity contribution is -0.139. The first-order valence-corrected chi connectivity index (χ1v) is 9.54. The van der Waals surface area contributed by atoms with Gasteiger partial charge in [-0.15, -0.1) is 0 Å². The Morgan fingerprint density at radius 2 is 1.97 bits per heavy atom. The van der Waals surface area contributed by atoms with E-state index in [2.05, 4.69) is 10.1 Å². The molecule has 0 radical (unpaired) electrons. The molecule has 3 rings (SSSR count). The minimum absolute atomic E-state index is 0.0336. The molecule has 30 heavy (non-hydrogen) atoms. The summed E-state index contributed by atoms with van der Waals surface area (Å²) in [4.78, 5) is 16.3. The number of hydrogen-bond acceptors (Lipinski definition) is 7. The third kappa shape index (κ3) is 5.47. The number of methoxy groups -OCH3 is 1. The van der Waals surface area contributed by atoms with Crippen molar-refractivity contribution in [2.75, 3.05) is 7.11 Å². The van der Waals surface area contributed by atoms with Crippen molar-refractivity contribution in [2.24, 2.45) is 0 Å². The van der Waals surface area contributed by atoms with Gasteiger partial charge in [-0.2, -0.15) is 4.98 Å². The van der Waals surface area contributed by atoms with Crippen molar-refractivity contribution in [1.29, 1.82) is 0 Å². The molecule has 0 saturated carbocycles. The molecule has 3 aromatic rings. The summed E-state index contributed by atoms with van der Waals surface area (Å²) in [5.41, 5.74) is 2.68. The van der Waals surface area contributed by atoms with Crippen LogP contribution in [-0.4, -0.2) is 29.3 Å². The molecule has 0 N–H and O–H groups in total. The fraction of sp³-hybridized carbons (Fsp3) is 0.261. The zero-order valence-corrected chi connectivity index (χ0v) is 17.4. The number of nitrogens with zero attached hydrogens (tertiary/aromatic N) is 2. The highest BCUT2D eigenvalue weighted by molar-refractivity contribution is 5.87. The largest absolute Gasteiger partial charge is 0.493 e. The third-order valence-corrected chi connectivity index (χ3v) is 4.15. The van der Waals surface area contributed by atoms with E-state index < -0.39 is 5.97 Å². The lowest BCUT2D eigenvalue weighted by Gasteiger charge is -2.13. The number of aryl methyl sites for hydroxylation is 1. The number of hydrogen-bond donors (Lipinski definition) is 0. The van der Waals surface area contributed by atoms with Crippen LogP contribution in [0.1, 0.15) is 30.9 Å². The van der Waals surface area contributed by atoms with E-state index in [0.717, 1.165) is 16.7 Å². The topological polar surface area (TPSA) is 83.7 Å². The first kappa shape index (κ1) is 21.1. The first-order chi connectivity index (χ1) is 14.5. The lowest BCUT2D eigenvalue weighted by atomic mass is 10.1. The Labute approximate surface area is 175 Å². The van der Waals surface area contributed by atoms with Gasteiger partial charge in [-0.25, -0.2) is 4.79 Å². The average Bonchev–Trinajstić information content (AvgIpc) is 3.20. The molecule has 1 heterocycles. The van der Waals surface area contributed by atoms with E-state index in [-0.39, 0.29) is 18.6 Å². The number of ether oxygens (including phenoxy) is 3. The summed E-state index contributed by atoms with van der Waals surface area (Å²) < 4.78 is 21.4. The molecule has 0 aliphatic rings. The molecule has 0 saturated heterocycles. The minimum atomic E-state index is -0.521. The normalized spacial score (nSPS) is 11.1. The number of carbonyl (C=O) groups excluding carboxylic acids is 1. The summed E-state index contributed by atoms with van der Waals surface area (Å²) in [6, 6.07) is 13.1. The van der Waals surface area contributed by atoms with E-state index >= 15 is 0 Å². The summed E-state index contributed by atoms with van der Waals surface area (Å²) in [6.45, 7) is 5.74. The maximum absolute atomic E-state index is 12.0. The lowest BCUT2D eigenvalue weighted by Crippen LogP contribution is -2.06. The van der Waals surface area contributed by atoms with Crippen molar-refractivity contribution >= 4 is 12.0 Å². The summed E-state index contributed by atoms with van der Waals surface area (Å²) in [7, 11) is 1.57. The predicted molar refractivity (Wildman–Crippen MR) is 112 cm³/mol.